The third kappa shape index (κ3) is 3.54. The summed E-state index contributed by atoms with van der Waals surface area (Å²) in [6, 6.07) is 7.70. The number of methoxy groups -OCH3 is 1. The molecule has 0 heterocycles. The summed E-state index contributed by atoms with van der Waals surface area (Å²) in [5.41, 5.74) is 0. The molecule has 1 N–H and O–H groups in total. The molecule has 0 aliphatic carbocycles. The third-order valence-electron chi connectivity index (χ3n) is 2.85. The van der Waals surface area contributed by atoms with Crippen LogP contribution in [0.25, 0.3) is 0 Å². The second-order valence-corrected chi connectivity index (χ2v) is 5.78. The smallest absolute Gasteiger partial charge is 0.134 e. The molecular formula is C13H21NO2S. The summed E-state index contributed by atoms with van der Waals surface area (Å²) in [5.74, 6) is 0.696. The van der Waals surface area contributed by atoms with Crippen molar-refractivity contribution >= 4 is 10.8 Å². The predicted octanol–water partition coefficient (Wildman–Crippen LogP) is 2.19. The molecule has 0 amide bonds. The lowest BCUT2D eigenvalue weighted by Crippen LogP contribution is -2.38. The van der Waals surface area contributed by atoms with Crippen LogP contribution in [0.4, 0.5) is 0 Å². The Bertz CT molecular complexity index is 381. The Morgan fingerprint density at radius 1 is 1.35 bits per heavy atom. The summed E-state index contributed by atoms with van der Waals surface area (Å²) in [4.78, 5) is 0.771. The average molecular weight is 255 g/mol. The first-order chi connectivity index (χ1) is 8.11. The number of ether oxygens (including phenoxy) is 1. The number of rotatable bonds is 6. The SMILES string of the molecule is CCNC(C)C(C)S(=O)c1ccccc1OC. The van der Waals surface area contributed by atoms with Gasteiger partial charge in [0.25, 0.3) is 0 Å². The third-order valence-corrected chi connectivity index (χ3v) is 4.71. The molecule has 17 heavy (non-hydrogen) atoms. The minimum atomic E-state index is -1.06. The summed E-state index contributed by atoms with van der Waals surface area (Å²) < 4.78 is 17.7. The first-order valence-corrected chi connectivity index (χ1v) is 7.10. The van der Waals surface area contributed by atoms with E-state index in [2.05, 4.69) is 19.2 Å². The molecule has 0 aliphatic heterocycles. The standard InChI is InChI=1S/C13H21NO2S/c1-5-14-10(2)11(3)17(15)13-9-7-6-8-12(13)16-4/h6-11,14H,5H2,1-4H3. The molecule has 1 aromatic rings. The van der Waals surface area contributed by atoms with Crippen molar-refractivity contribution in [2.45, 2.75) is 37.0 Å². The van der Waals surface area contributed by atoms with Crippen molar-refractivity contribution in [2.75, 3.05) is 13.7 Å². The van der Waals surface area contributed by atoms with Gasteiger partial charge in [-0.3, -0.25) is 4.21 Å². The maximum absolute atomic E-state index is 12.4. The van der Waals surface area contributed by atoms with Gasteiger partial charge in [0.1, 0.15) is 5.75 Å². The Balaban J connectivity index is 2.88. The van der Waals surface area contributed by atoms with E-state index in [4.69, 9.17) is 4.74 Å². The number of nitrogens with one attached hydrogen (secondary N) is 1. The molecule has 0 fully saturated rings. The van der Waals surface area contributed by atoms with Gasteiger partial charge < -0.3 is 10.1 Å². The molecule has 0 bridgehead atoms. The van der Waals surface area contributed by atoms with Crippen LogP contribution < -0.4 is 10.1 Å². The van der Waals surface area contributed by atoms with Crippen LogP contribution in [0, 0.1) is 0 Å². The second-order valence-electron chi connectivity index (χ2n) is 4.00. The molecule has 3 nitrogen and oxygen atoms in total. The van der Waals surface area contributed by atoms with Gasteiger partial charge >= 0.3 is 0 Å². The van der Waals surface area contributed by atoms with E-state index in [9.17, 15) is 4.21 Å². The summed E-state index contributed by atoms with van der Waals surface area (Å²) in [7, 11) is 0.547. The molecule has 4 heteroatoms. The summed E-state index contributed by atoms with van der Waals surface area (Å²) in [6.45, 7) is 6.99. The Hall–Kier alpha value is -0.870. The molecule has 0 saturated heterocycles. The number of benzene rings is 1. The molecule has 1 aromatic carbocycles. The second kappa shape index (κ2) is 6.77. The van der Waals surface area contributed by atoms with Gasteiger partial charge in [-0.15, -0.1) is 0 Å². The number of para-hydroxylation sites is 1. The van der Waals surface area contributed by atoms with Gasteiger partial charge in [-0.25, -0.2) is 0 Å². The lowest BCUT2D eigenvalue weighted by atomic mass is 10.2. The monoisotopic (exact) mass is 255 g/mol. The largest absolute Gasteiger partial charge is 0.495 e. The quantitative estimate of drug-likeness (QED) is 0.847. The fraction of sp³-hybridized carbons (Fsp3) is 0.538. The zero-order valence-corrected chi connectivity index (χ0v) is 11.7. The Morgan fingerprint density at radius 3 is 2.59 bits per heavy atom. The lowest BCUT2D eigenvalue weighted by molar-refractivity contribution is 0.403. The van der Waals surface area contributed by atoms with Crippen LogP contribution in [0.2, 0.25) is 0 Å². The van der Waals surface area contributed by atoms with Crippen LogP contribution in [-0.2, 0) is 10.8 Å². The van der Waals surface area contributed by atoms with Crippen molar-refractivity contribution < 1.29 is 8.95 Å². The Labute approximate surface area is 106 Å². The van der Waals surface area contributed by atoms with Gasteiger partial charge in [0.2, 0.25) is 0 Å². The predicted molar refractivity (Wildman–Crippen MR) is 72.0 cm³/mol. The van der Waals surface area contributed by atoms with Gasteiger partial charge in [-0.05, 0) is 32.5 Å². The zero-order valence-electron chi connectivity index (χ0n) is 10.9. The maximum atomic E-state index is 12.4. The van der Waals surface area contributed by atoms with E-state index in [1.54, 1.807) is 7.11 Å². The minimum absolute atomic E-state index is 0.0475. The lowest BCUT2D eigenvalue weighted by Gasteiger charge is -2.21. The topological polar surface area (TPSA) is 38.3 Å². The van der Waals surface area contributed by atoms with Gasteiger partial charge in [-0.1, -0.05) is 19.1 Å². The van der Waals surface area contributed by atoms with Crippen LogP contribution >= 0.6 is 0 Å². The number of hydrogen-bond donors (Lipinski definition) is 1. The Kier molecular flexibility index (Phi) is 5.65. The highest BCUT2D eigenvalue weighted by Gasteiger charge is 2.21. The highest BCUT2D eigenvalue weighted by atomic mass is 32.2. The van der Waals surface area contributed by atoms with Crippen LogP contribution in [0.5, 0.6) is 5.75 Å². The highest BCUT2D eigenvalue weighted by molar-refractivity contribution is 7.85. The van der Waals surface area contributed by atoms with E-state index in [1.165, 1.54) is 0 Å². The molecule has 96 valence electrons. The van der Waals surface area contributed by atoms with E-state index in [0.29, 0.717) is 5.75 Å². The maximum Gasteiger partial charge on any atom is 0.134 e. The van der Waals surface area contributed by atoms with E-state index >= 15 is 0 Å². The van der Waals surface area contributed by atoms with Gasteiger partial charge in [0.05, 0.1) is 28.1 Å². The average Bonchev–Trinajstić information content (AvgIpc) is 2.37. The zero-order chi connectivity index (χ0) is 12.8. The van der Waals surface area contributed by atoms with Crippen molar-refractivity contribution in [3.05, 3.63) is 24.3 Å². The first-order valence-electron chi connectivity index (χ1n) is 5.88. The van der Waals surface area contributed by atoms with Crippen LogP contribution in [0.1, 0.15) is 20.8 Å². The van der Waals surface area contributed by atoms with E-state index in [0.717, 1.165) is 11.4 Å². The van der Waals surface area contributed by atoms with Crippen molar-refractivity contribution in [3.63, 3.8) is 0 Å². The molecule has 0 radical (unpaired) electrons. The van der Waals surface area contributed by atoms with Crippen molar-refractivity contribution in [3.8, 4) is 5.75 Å². The van der Waals surface area contributed by atoms with Gasteiger partial charge in [0, 0.05) is 6.04 Å². The summed E-state index contributed by atoms with van der Waals surface area (Å²) in [6.07, 6.45) is 0. The fourth-order valence-corrected chi connectivity index (χ4v) is 3.09. The molecule has 0 aliphatic rings. The van der Waals surface area contributed by atoms with Gasteiger partial charge in [-0.2, -0.15) is 0 Å². The molecule has 1 rings (SSSR count). The van der Waals surface area contributed by atoms with Crippen LogP contribution in [-0.4, -0.2) is 29.2 Å². The van der Waals surface area contributed by atoms with E-state index < -0.39 is 10.8 Å². The first kappa shape index (κ1) is 14.2. The molecule has 3 atom stereocenters. The molecule has 3 unspecified atom stereocenters. The van der Waals surface area contributed by atoms with E-state index in [-0.39, 0.29) is 11.3 Å². The number of hydrogen-bond acceptors (Lipinski definition) is 3. The fourth-order valence-electron chi connectivity index (χ4n) is 1.66. The van der Waals surface area contributed by atoms with Crippen molar-refractivity contribution in [2.24, 2.45) is 0 Å². The van der Waals surface area contributed by atoms with E-state index in [1.807, 2.05) is 31.2 Å². The van der Waals surface area contributed by atoms with Crippen LogP contribution in [0.3, 0.4) is 0 Å². The van der Waals surface area contributed by atoms with Crippen molar-refractivity contribution in [1.82, 2.24) is 5.32 Å². The minimum Gasteiger partial charge on any atom is -0.495 e. The molecule has 0 spiro atoms. The Morgan fingerprint density at radius 2 is 2.00 bits per heavy atom. The molecule has 0 aromatic heterocycles. The highest BCUT2D eigenvalue weighted by Crippen LogP contribution is 2.24. The summed E-state index contributed by atoms with van der Waals surface area (Å²) in [5, 5.41) is 3.35. The summed E-state index contributed by atoms with van der Waals surface area (Å²) >= 11 is 0. The normalized spacial score (nSPS) is 16.2. The molecule has 0 saturated carbocycles. The molecular weight excluding hydrogens is 234 g/mol. The van der Waals surface area contributed by atoms with Crippen LogP contribution in [0.15, 0.2) is 29.2 Å². The van der Waals surface area contributed by atoms with Crippen molar-refractivity contribution in [1.29, 1.82) is 0 Å². The van der Waals surface area contributed by atoms with Gasteiger partial charge in [0.15, 0.2) is 0 Å².